The predicted molar refractivity (Wildman–Crippen MR) is 59.0 cm³/mol. The number of aryl methyl sites for hydroxylation is 1. The minimum atomic E-state index is -1.03. The maximum Gasteiger partial charge on any atom is 0.339 e. The molecule has 0 fully saturated rings. The first-order valence-electron chi connectivity index (χ1n) is 5.02. The van der Waals surface area contributed by atoms with Crippen LogP contribution < -0.4 is 4.74 Å². The van der Waals surface area contributed by atoms with Crippen LogP contribution in [0.1, 0.15) is 21.8 Å². The van der Waals surface area contributed by atoms with E-state index in [9.17, 15) is 4.79 Å². The molecule has 0 spiro atoms. The number of aromatic nitrogens is 1. The minimum absolute atomic E-state index is 0.0688. The quantitative estimate of drug-likeness (QED) is 0.876. The fourth-order valence-corrected chi connectivity index (χ4v) is 1.33. The molecule has 0 atom stereocenters. The molecule has 0 aliphatic heterocycles. The summed E-state index contributed by atoms with van der Waals surface area (Å²) in [6.45, 7) is 1.94. The fraction of sp³-hybridized carbons (Fsp3) is 0.167. The molecule has 0 unspecified atom stereocenters. The van der Waals surface area contributed by atoms with E-state index in [1.807, 2.05) is 13.0 Å². The van der Waals surface area contributed by atoms with Crippen LogP contribution in [-0.2, 0) is 6.61 Å². The van der Waals surface area contributed by atoms with E-state index in [-0.39, 0.29) is 17.9 Å². The van der Waals surface area contributed by atoms with Gasteiger partial charge in [0.25, 0.3) is 0 Å². The molecule has 5 nitrogen and oxygen atoms in total. The second kappa shape index (κ2) is 4.69. The molecule has 2 aromatic heterocycles. The van der Waals surface area contributed by atoms with Gasteiger partial charge in [-0.3, -0.25) is 4.98 Å². The number of nitrogens with zero attached hydrogens (tertiary/aromatic N) is 1. The number of hydrogen-bond donors (Lipinski definition) is 1. The highest BCUT2D eigenvalue weighted by atomic mass is 16.5. The monoisotopic (exact) mass is 233 g/mol. The number of carbonyl (C=O) groups is 1. The second-order valence-corrected chi connectivity index (χ2v) is 3.49. The molecule has 0 aliphatic carbocycles. The molecular weight excluding hydrogens is 222 g/mol. The molecule has 0 saturated heterocycles. The molecular formula is C12H11NO4. The lowest BCUT2D eigenvalue weighted by Crippen LogP contribution is -2.02. The van der Waals surface area contributed by atoms with Gasteiger partial charge in [0.15, 0.2) is 5.76 Å². The molecule has 5 heteroatoms. The lowest BCUT2D eigenvalue weighted by atomic mass is 10.2. The highest BCUT2D eigenvalue weighted by Crippen LogP contribution is 2.15. The smallest absolute Gasteiger partial charge is 0.339 e. The molecule has 2 aromatic rings. The van der Waals surface area contributed by atoms with Gasteiger partial charge in [0, 0.05) is 5.69 Å². The van der Waals surface area contributed by atoms with Crippen LogP contribution in [0.2, 0.25) is 0 Å². The van der Waals surface area contributed by atoms with Crippen LogP contribution >= 0.6 is 0 Å². The van der Waals surface area contributed by atoms with E-state index in [0.29, 0.717) is 5.75 Å². The Hall–Kier alpha value is -2.30. The number of carboxylic acids is 1. The summed E-state index contributed by atoms with van der Waals surface area (Å²) < 4.78 is 10.4. The molecule has 0 aromatic carbocycles. The van der Waals surface area contributed by atoms with Gasteiger partial charge in [0.1, 0.15) is 17.9 Å². The van der Waals surface area contributed by atoms with Crippen molar-refractivity contribution in [2.24, 2.45) is 0 Å². The van der Waals surface area contributed by atoms with Gasteiger partial charge in [-0.2, -0.15) is 0 Å². The van der Waals surface area contributed by atoms with Gasteiger partial charge in [0.05, 0.1) is 12.5 Å². The van der Waals surface area contributed by atoms with E-state index < -0.39 is 5.97 Å². The molecule has 0 saturated carbocycles. The first kappa shape index (κ1) is 11.2. The SMILES string of the molecule is Cc1ccc(OCc2occc2C(=O)O)cn1. The Morgan fingerprint density at radius 1 is 1.47 bits per heavy atom. The third-order valence-corrected chi connectivity index (χ3v) is 2.23. The molecule has 0 amide bonds. The normalized spacial score (nSPS) is 10.2. The summed E-state index contributed by atoms with van der Waals surface area (Å²) in [5.41, 5.74) is 1.01. The highest BCUT2D eigenvalue weighted by Gasteiger charge is 2.13. The minimum Gasteiger partial charge on any atom is -0.484 e. The first-order chi connectivity index (χ1) is 8.16. The Bertz CT molecular complexity index is 516. The summed E-state index contributed by atoms with van der Waals surface area (Å²) in [6.07, 6.45) is 2.91. The van der Waals surface area contributed by atoms with E-state index in [2.05, 4.69) is 4.98 Å². The molecule has 0 aliphatic rings. The third kappa shape index (κ3) is 2.63. The van der Waals surface area contributed by atoms with Gasteiger partial charge < -0.3 is 14.3 Å². The Kier molecular flexibility index (Phi) is 3.09. The zero-order valence-corrected chi connectivity index (χ0v) is 9.21. The fourth-order valence-electron chi connectivity index (χ4n) is 1.33. The third-order valence-electron chi connectivity index (χ3n) is 2.23. The van der Waals surface area contributed by atoms with Gasteiger partial charge >= 0.3 is 5.97 Å². The number of pyridine rings is 1. The average Bonchev–Trinajstić information content (AvgIpc) is 2.76. The first-order valence-corrected chi connectivity index (χ1v) is 5.02. The molecule has 2 heterocycles. The Morgan fingerprint density at radius 2 is 2.29 bits per heavy atom. The molecule has 0 radical (unpaired) electrons. The maximum absolute atomic E-state index is 10.8. The van der Waals surface area contributed by atoms with E-state index in [1.54, 1.807) is 12.3 Å². The van der Waals surface area contributed by atoms with Crippen molar-refractivity contribution in [1.82, 2.24) is 4.98 Å². The van der Waals surface area contributed by atoms with Crippen LogP contribution in [0.3, 0.4) is 0 Å². The number of ether oxygens (including phenoxy) is 1. The molecule has 17 heavy (non-hydrogen) atoms. The second-order valence-electron chi connectivity index (χ2n) is 3.49. The van der Waals surface area contributed by atoms with Crippen molar-refractivity contribution in [3.05, 3.63) is 47.7 Å². The van der Waals surface area contributed by atoms with Gasteiger partial charge in [-0.1, -0.05) is 0 Å². The number of aromatic carboxylic acids is 1. The molecule has 0 bridgehead atoms. The topological polar surface area (TPSA) is 72.6 Å². The van der Waals surface area contributed by atoms with Crippen LogP contribution in [0.4, 0.5) is 0 Å². The van der Waals surface area contributed by atoms with Gasteiger partial charge in [0.2, 0.25) is 0 Å². The zero-order valence-electron chi connectivity index (χ0n) is 9.21. The summed E-state index contributed by atoms with van der Waals surface area (Å²) in [7, 11) is 0. The van der Waals surface area contributed by atoms with Crippen molar-refractivity contribution in [2.75, 3.05) is 0 Å². The average molecular weight is 233 g/mol. The van der Waals surface area contributed by atoms with Crippen molar-refractivity contribution in [2.45, 2.75) is 13.5 Å². The van der Waals surface area contributed by atoms with Gasteiger partial charge in [-0.05, 0) is 25.1 Å². The van der Waals surface area contributed by atoms with Crippen molar-refractivity contribution < 1.29 is 19.1 Å². The molecule has 2 rings (SSSR count). The van der Waals surface area contributed by atoms with Gasteiger partial charge in [-0.15, -0.1) is 0 Å². The summed E-state index contributed by atoms with van der Waals surface area (Å²) in [6, 6.07) is 4.98. The van der Waals surface area contributed by atoms with Crippen LogP contribution in [0.15, 0.2) is 35.1 Å². The molecule has 88 valence electrons. The largest absolute Gasteiger partial charge is 0.484 e. The van der Waals surface area contributed by atoms with Crippen LogP contribution in [0.5, 0.6) is 5.75 Å². The van der Waals surface area contributed by atoms with E-state index in [4.69, 9.17) is 14.3 Å². The summed E-state index contributed by atoms with van der Waals surface area (Å²) in [5.74, 6) is -0.166. The number of carboxylic acid groups (broad SMARTS) is 1. The zero-order chi connectivity index (χ0) is 12.3. The van der Waals surface area contributed by atoms with Crippen molar-refractivity contribution in [3.63, 3.8) is 0 Å². The Morgan fingerprint density at radius 3 is 2.94 bits per heavy atom. The van der Waals surface area contributed by atoms with E-state index in [1.165, 1.54) is 12.3 Å². The van der Waals surface area contributed by atoms with Crippen LogP contribution in [0, 0.1) is 6.92 Å². The Balaban J connectivity index is 2.05. The van der Waals surface area contributed by atoms with Crippen molar-refractivity contribution in [3.8, 4) is 5.75 Å². The Labute approximate surface area is 97.7 Å². The summed E-state index contributed by atoms with van der Waals surface area (Å²) in [4.78, 5) is 14.9. The number of hydrogen-bond acceptors (Lipinski definition) is 4. The standard InChI is InChI=1S/C12H11NO4/c1-8-2-3-9(6-13-8)17-7-11-10(12(14)15)4-5-16-11/h2-6H,7H2,1H3,(H,14,15). The van der Waals surface area contributed by atoms with Crippen LogP contribution in [-0.4, -0.2) is 16.1 Å². The lowest BCUT2D eigenvalue weighted by Gasteiger charge is -2.04. The van der Waals surface area contributed by atoms with Gasteiger partial charge in [-0.25, -0.2) is 4.79 Å². The van der Waals surface area contributed by atoms with E-state index >= 15 is 0 Å². The highest BCUT2D eigenvalue weighted by molar-refractivity contribution is 5.88. The van der Waals surface area contributed by atoms with Crippen molar-refractivity contribution in [1.29, 1.82) is 0 Å². The lowest BCUT2D eigenvalue weighted by molar-refractivity contribution is 0.0692. The van der Waals surface area contributed by atoms with E-state index in [0.717, 1.165) is 5.69 Å². The van der Waals surface area contributed by atoms with Crippen molar-refractivity contribution >= 4 is 5.97 Å². The molecule has 1 N–H and O–H groups in total. The predicted octanol–water partition coefficient (Wildman–Crippen LogP) is 2.26. The number of rotatable bonds is 4. The summed E-state index contributed by atoms with van der Waals surface area (Å²) >= 11 is 0. The maximum atomic E-state index is 10.8. The number of furan rings is 1. The summed E-state index contributed by atoms with van der Waals surface area (Å²) in [5, 5.41) is 8.86. The van der Waals surface area contributed by atoms with Crippen LogP contribution in [0.25, 0.3) is 0 Å².